The standard InChI is InChI=1S/C17H21N5O6S/c1-27-17(24)21-9-3-4-12(10-21)16(23)28-11-15-18-19-20-22(15)13-5-7-14(8-6-13)29(2,25)26/h5-8,12H,3-4,9-11H2,1-2H3/t12-/m1/s1. The minimum absolute atomic E-state index is 0.158. The first-order chi connectivity index (χ1) is 13.8. The summed E-state index contributed by atoms with van der Waals surface area (Å²) in [5.41, 5.74) is 0.531. The first-order valence-electron chi connectivity index (χ1n) is 8.87. The first kappa shape index (κ1) is 20.7. The molecule has 0 bridgehead atoms. The molecule has 2 aromatic rings. The maximum atomic E-state index is 12.4. The van der Waals surface area contributed by atoms with Gasteiger partial charge in [-0.05, 0) is 47.5 Å². The summed E-state index contributed by atoms with van der Waals surface area (Å²) < 4.78 is 34.6. The number of methoxy groups -OCH3 is 1. The number of piperidine rings is 1. The van der Waals surface area contributed by atoms with Crippen LogP contribution in [0.2, 0.25) is 0 Å². The third kappa shape index (κ3) is 4.88. The minimum atomic E-state index is -3.31. The molecule has 1 aliphatic rings. The molecule has 0 aliphatic carbocycles. The SMILES string of the molecule is COC(=O)N1CCC[C@@H](C(=O)OCc2nnnn2-c2ccc(S(C)(=O)=O)cc2)C1. The van der Waals surface area contributed by atoms with Crippen molar-refractivity contribution in [3.05, 3.63) is 30.1 Å². The molecule has 1 aromatic heterocycles. The second-order valence-electron chi connectivity index (χ2n) is 6.64. The van der Waals surface area contributed by atoms with Crippen LogP contribution in [0.15, 0.2) is 29.2 Å². The van der Waals surface area contributed by atoms with Gasteiger partial charge in [0, 0.05) is 19.3 Å². The molecule has 156 valence electrons. The van der Waals surface area contributed by atoms with Gasteiger partial charge in [-0.2, -0.15) is 4.68 Å². The molecular weight excluding hydrogens is 402 g/mol. The lowest BCUT2D eigenvalue weighted by molar-refractivity contribution is -0.151. The van der Waals surface area contributed by atoms with Crippen LogP contribution in [-0.2, 0) is 30.7 Å². The number of rotatable bonds is 5. The summed E-state index contributed by atoms with van der Waals surface area (Å²) in [6.07, 6.45) is 1.95. The summed E-state index contributed by atoms with van der Waals surface area (Å²) in [6.45, 7) is 0.621. The molecular formula is C17H21N5O6S. The molecule has 0 radical (unpaired) electrons. The highest BCUT2D eigenvalue weighted by Gasteiger charge is 2.30. The molecule has 2 heterocycles. The van der Waals surface area contributed by atoms with Gasteiger partial charge in [-0.1, -0.05) is 0 Å². The van der Waals surface area contributed by atoms with Gasteiger partial charge in [0.1, 0.15) is 0 Å². The molecule has 0 saturated carbocycles. The molecule has 12 heteroatoms. The zero-order valence-electron chi connectivity index (χ0n) is 16.0. The zero-order chi connectivity index (χ0) is 21.0. The Labute approximate surface area is 167 Å². The van der Waals surface area contributed by atoms with E-state index in [9.17, 15) is 18.0 Å². The predicted molar refractivity (Wildman–Crippen MR) is 98.8 cm³/mol. The number of tetrazole rings is 1. The van der Waals surface area contributed by atoms with Gasteiger partial charge < -0.3 is 14.4 Å². The number of hydrogen-bond acceptors (Lipinski definition) is 9. The summed E-state index contributed by atoms with van der Waals surface area (Å²) in [7, 11) is -2.01. The second-order valence-corrected chi connectivity index (χ2v) is 8.65. The van der Waals surface area contributed by atoms with Crippen LogP contribution in [0.1, 0.15) is 18.7 Å². The van der Waals surface area contributed by atoms with Gasteiger partial charge in [0.15, 0.2) is 22.3 Å². The van der Waals surface area contributed by atoms with Crippen LogP contribution in [0.3, 0.4) is 0 Å². The average Bonchev–Trinajstić information content (AvgIpc) is 3.19. The molecule has 1 atom stereocenters. The molecule has 1 aliphatic heterocycles. The third-order valence-corrected chi connectivity index (χ3v) is 5.70. The van der Waals surface area contributed by atoms with Crippen LogP contribution < -0.4 is 0 Å². The van der Waals surface area contributed by atoms with E-state index in [2.05, 4.69) is 15.5 Å². The van der Waals surface area contributed by atoms with Crippen LogP contribution in [0.4, 0.5) is 4.79 Å². The van der Waals surface area contributed by atoms with Gasteiger partial charge in [-0.25, -0.2) is 13.2 Å². The van der Waals surface area contributed by atoms with Crippen LogP contribution in [0.5, 0.6) is 0 Å². The highest BCUT2D eigenvalue weighted by molar-refractivity contribution is 7.90. The zero-order valence-corrected chi connectivity index (χ0v) is 16.8. The molecule has 3 rings (SSSR count). The number of hydrogen-bond donors (Lipinski definition) is 0. The van der Waals surface area contributed by atoms with Crippen molar-refractivity contribution in [3.8, 4) is 5.69 Å². The maximum absolute atomic E-state index is 12.4. The molecule has 1 fully saturated rings. The topological polar surface area (TPSA) is 134 Å². The molecule has 1 amide bonds. The quantitative estimate of drug-likeness (QED) is 0.633. The number of sulfone groups is 1. The summed E-state index contributed by atoms with van der Waals surface area (Å²) in [5, 5.41) is 11.3. The number of aromatic nitrogens is 4. The number of carbonyl (C=O) groups is 2. The van der Waals surface area contributed by atoms with E-state index in [1.807, 2.05) is 0 Å². The van der Waals surface area contributed by atoms with Crippen molar-refractivity contribution in [2.75, 3.05) is 26.5 Å². The molecule has 1 saturated heterocycles. The van der Waals surface area contributed by atoms with Crippen molar-refractivity contribution in [2.45, 2.75) is 24.3 Å². The van der Waals surface area contributed by atoms with E-state index in [0.717, 1.165) is 6.26 Å². The van der Waals surface area contributed by atoms with E-state index in [0.29, 0.717) is 25.1 Å². The van der Waals surface area contributed by atoms with Crippen LogP contribution in [0.25, 0.3) is 5.69 Å². The Balaban J connectivity index is 1.64. The Morgan fingerprint density at radius 3 is 2.62 bits per heavy atom. The van der Waals surface area contributed by atoms with E-state index >= 15 is 0 Å². The Morgan fingerprint density at radius 2 is 1.97 bits per heavy atom. The van der Waals surface area contributed by atoms with Crippen molar-refractivity contribution in [3.63, 3.8) is 0 Å². The lowest BCUT2D eigenvalue weighted by Gasteiger charge is -2.30. The van der Waals surface area contributed by atoms with Crippen molar-refractivity contribution in [2.24, 2.45) is 5.92 Å². The number of carbonyl (C=O) groups excluding carboxylic acids is 2. The summed E-state index contributed by atoms with van der Waals surface area (Å²) in [5.74, 6) is -0.604. The van der Waals surface area contributed by atoms with Gasteiger partial charge in [0.2, 0.25) is 0 Å². The van der Waals surface area contributed by atoms with Gasteiger partial charge in [-0.3, -0.25) is 4.79 Å². The number of nitrogens with zero attached hydrogens (tertiary/aromatic N) is 5. The third-order valence-electron chi connectivity index (χ3n) is 4.57. The van der Waals surface area contributed by atoms with Crippen molar-refractivity contribution < 1.29 is 27.5 Å². The number of esters is 1. The fourth-order valence-corrected chi connectivity index (χ4v) is 3.68. The molecule has 0 unspecified atom stereocenters. The van der Waals surface area contributed by atoms with E-state index in [4.69, 9.17) is 9.47 Å². The van der Waals surface area contributed by atoms with E-state index in [1.54, 1.807) is 12.1 Å². The maximum Gasteiger partial charge on any atom is 0.409 e. The summed E-state index contributed by atoms with van der Waals surface area (Å²) >= 11 is 0. The molecule has 0 N–H and O–H groups in total. The highest BCUT2D eigenvalue weighted by Crippen LogP contribution is 2.19. The van der Waals surface area contributed by atoms with Gasteiger partial charge in [0.25, 0.3) is 0 Å². The lowest BCUT2D eigenvalue weighted by Crippen LogP contribution is -2.42. The van der Waals surface area contributed by atoms with Gasteiger partial charge in [-0.15, -0.1) is 5.10 Å². The van der Waals surface area contributed by atoms with Crippen LogP contribution in [0, 0.1) is 5.92 Å². The summed E-state index contributed by atoms with van der Waals surface area (Å²) in [6, 6.07) is 6.03. The number of benzene rings is 1. The molecule has 1 aromatic carbocycles. The number of likely N-dealkylation sites (tertiary alicyclic amines) is 1. The van der Waals surface area contributed by atoms with Crippen molar-refractivity contribution >= 4 is 21.9 Å². The fraction of sp³-hybridized carbons (Fsp3) is 0.471. The molecule has 0 spiro atoms. The Bertz CT molecular complexity index is 988. The molecule has 29 heavy (non-hydrogen) atoms. The second kappa shape index (κ2) is 8.55. The first-order valence-corrected chi connectivity index (χ1v) is 10.8. The van der Waals surface area contributed by atoms with Crippen molar-refractivity contribution in [1.82, 2.24) is 25.1 Å². The van der Waals surface area contributed by atoms with Crippen molar-refractivity contribution in [1.29, 1.82) is 0 Å². The Kier molecular flexibility index (Phi) is 6.11. The van der Waals surface area contributed by atoms with E-state index < -0.39 is 27.8 Å². The predicted octanol–water partition coefficient (Wildman–Crippen LogP) is 0.587. The van der Waals surface area contributed by atoms with Gasteiger partial charge in [0.05, 0.1) is 23.6 Å². The fourth-order valence-electron chi connectivity index (χ4n) is 3.05. The summed E-state index contributed by atoms with van der Waals surface area (Å²) in [4.78, 5) is 25.7. The largest absolute Gasteiger partial charge is 0.457 e. The Morgan fingerprint density at radius 1 is 1.24 bits per heavy atom. The Hall–Kier alpha value is -3.02. The lowest BCUT2D eigenvalue weighted by atomic mass is 9.99. The monoisotopic (exact) mass is 423 g/mol. The van der Waals surface area contributed by atoms with Crippen LogP contribution in [-0.4, -0.2) is 72.0 Å². The number of ether oxygens (including phenoxy) is 2. The minimum Gasteiger partial charge on any atom is -0.457 e. The van der Waals surface area contributed by atoms with E-state index in [1.165, 1.54) is 28.8 Å². The van der Waals surface area contributed by atoms with E-state index in [-0.39, 0.29) is 23.9 Å². The van der Waals surface area contributed by atoms with Crippen LogP contribution >= 0.6 is 0 Å². The smallest absolute Gasteiger partial charge is 0.409 e. The number of amides is 1. The molecule has 11 nitrogen and oxygen atoms in total. The normalized spacial score (nSPS) is 17.0. The average molecular weight is 423 g/mol. The van der Waals surface area contributed by atoms with Gasteiger partial charge >= 0.3 is 12.1 Å². The highest BCUT2D eigenvalue weighted by atomic mass is 32.2.